The summed E-state index contributed by atoms with van der Waals surface area (Å²) in [7, 11) is 3.68. The first kappa shape index (κ1) is 31.8. The molecule has 4 saturated carbocycles. The summed E-state index contributed by atoms with van der Waals surface area (Å²) in [6.07, 6.45) is 31.6. The highest BCUT2D eigenvalue weighted by molar-refractivity contribution is 8.76. The molecule has 0 heterocycles. The quantitative estimate of drug-likeness (QED) is 0.143. The van der Waals surface area contributed by atoms with Gasteiger partial charge in [-0.1, -0.05) is 124 Å². The zero-order valence-electron chi connectivity index (χ0n) is 25.1. The van der Waals surface area contributed by atoms with E-state index in [1.54, 1.807) is 0 Å². The third-order valence-electron chi connectivity index (χ3n) is 10.6. The third kappa shape index (κ3) is 11.2. The van der Waals surface area contributed by atoms with E-state index in [0.29, 0.717) is 36.1 Å². The zero-order valence-corrected chi connectivity index (χ0v) is 26.7. The lowest BCUT2D eigenvalue weighted by atomic mass is 9.77. The van der Waals surface area contributed by atoms with E-state index in [0.717, 1.165) is 42.6 Å². The van der Waals surface area contributed by atoms with Crippen LogP contribution in [-0.4, -0.2) is 40.2 Å². The number of amides is 1. The van der Waals surface area contributed by atoms with Gasteiger partial charge in [0.05, 0.1) is 0 Å². The fraction of sp³-hybridized carbons (Fsp3) is 0.941. The summed E-state index contributed by atoms with van der Waals surface area (Å²) in [5.41, 5.74) is 0. The number of Topliss-reactive ketones (excluding diaryl/α,β-unsaturated/α-hetero) is 1. The smallest absolute Gasteiger partial charge is 0.223 e. The van der Waals surface area contributed by atoms with E-state index in [2.05, 4.69) is 4.90 Å². The lowest BCUT2D eigenvalue weighted by Gasteiger charge is -2.42. The number of carbonyl (C=O) groups is 2. The van der Waals surface area contributed by atoms with Crippen LogP contribution in [0.1, 0.15) is 161 Å². The topological polar surface area (TPSA) is 37.4 Å². The van der Waals surface area contributed by atoms with Crippen LogP contribution in [0.4, 0.5) is 0 Å². The number of ketones is 1. The highest BCUT2D eigenvalue weighted by Gasteiger charge is 2.32. The predicted molar refractivity (Wildman–Crippen MR) is 170 cm³/mol. The molecular formula is C34H59NO2S2. The average Bonchev–Trinajstić information content (AvgIpc) is 2.99. The Balaban J connectivity index is 1.16. The highest BCUT2D eigenvalue weighted by atomic mass is 33.1. The van der Waals surface area contributed by atoms with Crippen LogP contribution in [0.5, 0.6) is 0 Å². The SMILES string of the molecule is O=C(CCSSCCC(=O)N(C1CCCCC1)C1CCCCC1)C(CCC1CCCCC1)CC1CCCCC1. The molecule has 224 valence electrons. The van der Waals surface area contributed by atoms with Gasteiger partial charge in [0.15, 0.2) is 0 Å². The Hall–Kier alpha value is -0.160. The van der Waals surface area contributed by atoms with E-state index in [9.17, 15) is 9.59 Å². The van der Waals surface area contributed by atoms with Gasteiger partial charge in [-0.3, -0.25) is 9.59 Å². The van der Waals surface area contributed by atoms with Crippen molar-refractivity contribution in [1.82, 2.24) is 4.90 Å². The Morgan fingerprint density at radius 1 is 0.590 bits per heavy atom. The van der Waals surface area contributed by atoms with Crippen molar-refractivity contribution in [3.63, 3.8) is 0 Å². The standard InChI is InChI=1S/C34H59NO2S2/c36-33(30(27-29-15-7-2-8-16-29)22-21-28-13-5-1-6-14-28)23-25-38-39-26-24-34(37)35(31-17-9-3-10-18-31)32-19-11-4-12-20-32/h28-32H,1-27H2. The fourth-order valence-corrected chi connectivity index (χ4v) is 10.3. The van der Waals surface area contributed by atoms with Crippen LogP contribution in [0.2, 0.25) is 0 Å². The molecule has 4 fully saturated rings. The van der Waals surface area contributed by atoms with Gasteiger partial charge >= 0.3 is 0 Å². The monoisotopic (exact) mass is 577 g/mol. The molecule has 0 saturated heterocycles. The molecule has 4 aliphatic rings. The Kier molecular flexibility index (Phi) is 15.0. The Morgan fingerprint density at radius 2 is 1.05 bits per heavy atom. The summed E-state index contributed by atoms with van der Waals surface area (Å²) in [5.74, 6) is 4.74. The number of hydrogen-bond acceptors (Lipinski definition) is 4. The average molecular weight is 578 g/mol. The normalized spacial score (nSPS) is 23.5. The van der Waals surface area contributed by atoms with Gasteiger partial charge < -0.3 is 4.90 Å². The van der Waals surface area contributed by atoms with E-state index in [-0.39, 0.29) is 0 Å². The fourth-order valence-electron chi connectivity index (χ4n) is 8.29. The van der Waals surface area contributed by atoms with Gasteiger partial charge in [0.25, 0.3) is 0 Å². The van der Waals surface area contributed by atoms with Crippen LogP contribution in [0, 0.1) is 17.8 Å². The maximum atomic E-state index is 13.4. The summed E-state index contributed by atoms with van der Waals surface area (Å²) in [6.45, 7) is 0. The largest absolute Gasteiger partial charge is 0.337 e. The molecule has 1 atom stereocenters. The van der Waals surface area contributed by atoms with Crippen molar-refractivity contribution in [3.05, 3.63) is 0 Å². The van der Waals surface area contributed by atoms with Gasteiger partial charge in [-0.15, -0.1) is 0 Å². The van der Waals surface area contributed by atoms with Gasteiger partial charge in [0, 0.05) is 42.3 Å². The van der Waals surface area contributed by atoms with Crippen molar-refractivity contribution in [2.75, 3.05) is 11.5 Å². The van der Waals surface area contributed by atoms with Gasteiger partial charge in [-0.2, -0.15) is 0 Å². The van der Waals surface area contributed by atoms with Crippen LogP contribution in [0.15, 0.2) is 0 Å². The third-order valence-corrected chi connectivity index (χ3v) is 13.0. The van der Waals surface area contributed by atoms with Crippen molar-refractivity contribution < 1.29 is 9.59 Å². The molecule has 0 aromatic rings. The molecule has 0 aromatic carbocycles. The Bertz CT molecular complexity index is 673. The minimum atomic E-state index is 0.307. The molecule has 4 aliphatic carbocycles. The second-order valence-electron chi connectivity index (χ2n) is 13.5. The number of nitrogens with zero attached hydrogens (tertiary/aromatic N) is 1. The second kappa shape index (κ2) is 18.4. The Labute approximate surface area is 248 Å². The van der Waals surface area contributed by atoms with Crippen molar-refractivity contribution in [2.45, 2.75) is 173 Å². The lowest BCUT2D eigenvalue weighted by Crippen LogP contribution is -2.48. The highest BCUT2D eigenvalue weighted by Crippen LogP contribution is 2.36. The maximum Gasteiger partial charge on any atom is 0.223 e. The Morgan fingerprint density at radius 3 is 1.59 bits per heavy atom. The molecule has 4 rings (SSSR count). The molecule has 0 radical (unpaired) electrons. The van der Waals surface area contributed by atoms with Gasteiger partial charge in [-0.05, 0) is 56.8 Å². The molecule has 0 N–H and O–H groups in total. The molecular weight excluding hydrogens is 519 g/mol. The van der Waals surface area contributed by atoms with Crippen LogP contribution in [0.3, 0.4) is 0 Å². The van der Waals surface area contributed by atoms with E-state index >= 15 is 0 Å². The molecule has 1 unspecified atom stereocenters. The van der Waals surface area contributed by atoms with Crippen molar-refractivity contribution >= 4 is 33.3 Å². The van der Waals surface area contributed by atoms with Crippen LogP contribution >= 0.6 is 21.6 Å². The molecule has 0 aliphatic heterocycles. The molecule has 39 heavy (non-hydrogen) atoms. The summed E-state index contributed by atoms with van der Waals surface area (Å²) in [6, 6.07) is 0.999. The summed E-state index contributed by atoms with van der Waals surface area (Å²) in [5, 5.41) is 0. The van der Waals surface area contributed by atoms with Crippen molar-refractivity contribution in [2.24, 2.45) is 17.8 Å². The van der Waals surface area contributed by atoms with Gasteiger partial charge in [0.1, 0.15) is 5.78 Å². The molecule has 3 nitrogen and oxygen atoms in total. The first-order chi connectivity index (χ1) is 19.2. The number of carbonyl (C=O) groups excluding carboxylic acids is 2. The second-order valence-corrected chi connectivity index (χ2v) is 16.2. The van der Waals surface area contributed by atoms with Crippen LogP contribution in [-0.2, 0) is 9.59 Å². The van der Waals surface area contributed by atoms with Gasteiger partial charge in [0.2, 0.25) is 5.91 Å². The molecule has 0 spiro atoms. The van der Waals surface area contributed by atoms with E-state index in [1.165, 1.54) is 135 Å². The maximum absolute atomic E-state index is 13.4. The molecule has 0 aromatic heterocycles. The molecule has 0 bridgehead atoms. The number of hydrogen-bond donors (Lipinski definition) is 0. The first-order valence-corrected chi connectivity index (χ1v) is 19.8. The lowest BCUT2D eigenvalue weighted by molar-refractivity contribution is -0.137. The van der Waals surface area contributed by atoms with E-state index in [4.69, 9.17) is 0 Å². The summed E-state index contributed by atoms with van der Waals surface area (Å²) >= 11 is 0. The predicted octanol–water partition coefficient (Wildman–Crippen LogP) is 10.2. The van der Waals surface area contributed by atoms with E-state index in [1.807, 2.05) is 21.6 Å². The molecule has 1 amide bonds. The minimum absolute atomic E-state index is 0.307. The number of rotatable bonds is 15. The van der Waals surface area contributed by atoms with Crippen LogP contribution < -0.4 is 0 Å². The van der Waals surface area contributed by atoms with Crippen molar-refractivity contribution in [1.29, 1.82) is 0 Å². The van der Waals surface area contributed by atoms with Crippen LogP contribution in [0.25, 0.3) is 0 Å². The molecule has 5 heteroatoms. The van der Waals surface area contributed by atoms with E-state index < -0.39 is 0 Å². The van der Waals surface area contributed by atoms with Crippen molar-refractivity contribution in [3.8, 4) is 0 Å². The zero-order chi connectivity index (χ0) is 27.1. The first-order valence-electron chi connectivity index (χ1n) is 17.3. The minimum Gasteiger partial charge on any atom is -0.337 e. The van der Waals surface area contributed by atoms with Gasteiger partial charge in [-0.25, -0.2) is 0 Å². The summed E-state index contributed by atoms with van der Waals surface area (Å²) < 4.78 is 0. The summed E-state index contributed by atoms with van der Waals surface area (Å²) in [4.78, 5) is 29.2.